The zero-order valence-corrected chi connectivity index (χ0v) is 12.0. The quantitative estimate of drug-likeness (QED) is 0.612. The predicted molar refractivity (Wildman–Crippen MR) is 74.4 cm³/mol. The van der Waals surface area contributed by atoms with E-state index >= 15 is 0 Å². The fourth-order valence-corrected chi connectivity index (χ4v) is 1.89. The fourth-order valence-electron chi connectivity index (χ4n) is 1.61. The Morgan fingerprint density at radius 3 is 2.42 bits per heavy atom. The SMILES string of the molecule is COc1ccc(/C=C(/C(C)C)[N+](=O)[O-])c(Cl)c1OC. The molecule has 0 saturated heterocycles. The number of nitrogens with zero attached hydrogens (tertiary/aromatic N) is 1. The van der Waals surface area contributed by atoms with Gasteiger partial charge in [-0.1, -0.05) is 25.4 Å². The number of rotatable bonds is 5. The van der Waals surface area contributed by atoms with Gasteiger partial charge in [-0.05, 0) is 12.1 Å². The normalized spacial score (nSPS) is 11.6. The van der Waals surface area contributed by atoms with Gasteiger partial charge in [-0.2, -0.15) is 0 Å². The smallest absolute Gasteiger partial charge is 0.249 e. The number of ether oxygens (including phenoxy) is 2. The Bertz CT molecular complexity index is 512. The molecule has 0 amide bonds. The second-order valence-corrected chi connectivity index (χ2v) is 4.56. The van der Waals surface area contributed by atoms with Gasteiger partial charge in [-0.15, -0.1) is 0 Å². The maximum atomic E-state index is 11.0. The molecule has 5 nitrogen and oxygen atoms in total. The maximum absolute atomic E-state index is 11.0. The topological polar surface area (TPSA) is 61.6 Å². The number of methoxy groups -OCH3 is 2. The van der Waals surface area contributed by atoms with E-state index in [4.69, 9.17) is 21.1 Å². The second kappa shape index (κ2) is 6.43. The summed E-state index contributed by atoms with van der Waals surface area (Å²) in [6.45, 7) is 3.51. The van der Waals surface area contributed by atoms with Crippen molar-refractivity contribution < 1.29 is 14.4 Å². The summed E-state index contributed by atoms with van der Waals surface area (Å²) < 4.78 is 10.3. The monoisotopic (exact) mass is 285 g/mol. The number of hydrogen-bond acceptors (Lipinski definition) is 4. The van der Waals surface area contributed by atoms with Crippen LogP contribution < -0.4 is 9.47 Å². The van der Waals surface area contributed by atoms with E-state index in [1.54, 1.807) is 26.0 Å². The van der Waals surface area contributed by atoms with Crippen LogP contribution >= 0.6 is 11.6 Å². The first-order chi connectivity index (χ1) is 8.92. The minimum Gasteiger partial charge on any atom is -0.493 e. The molecule has 1 aromatic carbocycles. The Balaban J connectivity index is 3.36. The Labute approximate surface area is 116 Å². The summed E-state index contributed by atoms with van der Waals surface area (Å²) >= 11 is 6.17. The van der Waals surface area contributed by atoms with E-state index in [0.29, 0.717) is 22.1 Å². The Hall–Kier alpha value is -1.75. The lowest BCUT2D eigenvalue weighted by atomic mass is 10.1. The number of nitro groups is 1. The molecule has 0 spiro atoms. The zero-order valence-electron chi connectivity index (χ0n) is 11.3. The van der Waals surface area contributed by atoms with Crippen molar-refractivity contribution in [3.05, 3.63) is 38.5 Å². The first kappa shape index (κ1) is 15.3. The lowest BCUT2D eigenvalue weighted by Crippen LogP contribution is -2.05. The van der Waals surface area contributed by atoms with Gasteiger partial charge in [0.2, 0.25) is 5.70 Å². The summed E-state index contributed by atoms with van der Waals surface area (Å²) in [5, 5.41) is 11.3. The van der Waals surface area contributed by atoms with Gasteiger partial charge in [0.05, 0.1) is 24.2 Å². The largest absolute Gasteiger partial charge is 0.493 e. The van der Waals surface area contributed by atoms with E-state index in [2.05, 4.69) is 0 Å². The van der Waals surface area contributed by atoms with Gasteiger partial charge in [0.25, 0.3) is 0 Å². The molecule has 0 aliphatic heterocycles. The van der Waals surface area contributed by atoms with Crippen LogP contribution in [0.2, 0.25) is 5.02 Å². The third-order valence-corrected chi connectivity index (χ3v) is 3.01. The zero-order chi connectivity index (χ0) is 14.6. The molecule has 0 radical (unpaired) electrons. The summed E-state index contributed by atoms with van der Waals surface area (Å²) in [5.74, 6) is 0.639. The average molecular weight is 286 g/mol. The van der Waals surface area contributed by atoms with E-state index in [1.165, 1.54) is 20.3 Å². The summed E-state index contributed by atoms with van der Waals surface area (Å²) in [5.41, 5.74) is 0.619. The highest BCUT2D eigenvalue weighted by atomic mass is 35.5. The Morgan fingerprint density at radius 2 is 2.00 bits per heavy atom. The van der Waals surface area contributed by atoms with Crippen LogP contribution in [-0.2, 0) is 0 Å². The number of hydrogen-bond donors (Lipinski definition) is 0. The van der Waals surface area contributed by atoms with Crippen LogP contribution in [0.25, 0.3) is 6.08 Å². The number of halogens is 1. The van der Waals surface area contributed by atoms with Gasteiger partial charge < -0.3 is 9.47 Å². The van der Waals surface area contributed by atoms with Crippen molar-refractivity contribution in [2.24, 2.45) is 5.92 Å². The first-order valence-electron chi connectivity index (χ1n) is 5.68. The summed E-state index contributed by atoms with van der Waals surface area (Å²) in [6, 6.07) is 3.32. The van der Waals surface area contributed by atoms with E-state index in [0.717, 1.165) is 0 Å². The van der Waals surface area contributed by atoms with Crippen LogP contribution in [0.1, 0.15) is 19.4 Å². The van der Waals surface area contributed by atoms with Gasteiger partial charge in [0.1, 0.15) is 0 Å². The molecule has 0 aliphatic rings. The highest BCUT2D eigenvalue weighted by Gasteiger charge is 2.18. The molecule has 0 atom stereocenters. The minimum atomic E-state index is -0.405. The minimum absolute atomic E-state index is 0.0918. The van der Waals surface area contributed by atoms with E-state index in [-0.39, 0.29) is 11.6 Å². The van der Waals surface area contributed by atoms with Crippen molar-refractivity contribution in [3.63, 3.8) is 0 Å². The molecular formula is C13H16ClNO4. The van der Waals surface area contributed by atoms with Gasteiger partial charge in [0.15, 0.2) is 11.5 Å². The molecule has 0 heterocycles. The first-order valence-corrected chi connectivity index (χ1v) is 6.06. The van der Waals surface area contributed by atoms with Gasteiger partial charge in [-0.25, -0.2) is 0 Å². The van der Waals surface area contributed by atoms with Crippen LogP contribution in [-0.4, -0.2) is 19.1 Å². The fraction of sp³-hybridized carbons (Fsp3) is 0.385. The van der Waals surface area contributed by atoms with Gasteiger partial charge in [-0.3, -0.25) is 10.1 Å². The van der Waals surface area contributed by atoms with Crippen molar-refractivity contribution in [2.45, 2.75) is 13.8 Å². The number of allylic oxidation sites excluding steroid dienone is 1. The van der Waals surface area contributed by atoms with E-state index in [1.807, 2.05) is 0 Å². The molecular weight excluding hydrogens is 270 g/mol. The van der Waals surface area contributed by atoms with Crippen molar-refractivity contribution in [3.8, 4) is 11.5 Å². The third kappa shape index (κ3) is 3.38. The summed E-state index contributed by atoms with van der Waals surface area (Å²) in [4.78, 5) is 10.6. The summed E-state index contributed by atoms with van der Waals surface area (Å²) in [7, 11) is 2.97. The molecule has 1 rings (SSSR count). The molecule has 0 saturated carbocycles. The molecule has 0 unspecified atom stereocenters. The van der Waals surface area contributed by atoms with Crippen LogP contribution in [0, 0.1) is 16.0 Å². The lowest BCUT2D eigenvalue weighted by molar-refractivity contribution is -0.431. The molecule has 104 valence electrons. The lowest BCUT2D eigenvalue weighted by Gasteiger charge is -2.11. The van der Waals surface area contributed by atoms with Crippen LogP contribution in [0.15, 0.2) is 17.8 Å². The second-order valence-electron chi connectivity index (χ2n) is 4.19. The van der Waals surface area contributed by atoms with Crippen LogP contribution in [0.5, 0.6) is 11.5 Å². The number of benzene rings is 1. The van der Waals surface area contributed by atoms with Crippen LogP contribution in [0.4, 0.5) is 0 Å². The molecule has 0 N–H and O–H groups in total. The molecule has 0 aliphatic carbocycles. The van der Waals surface area contributed by atoms with Crippen molar-refractivity contribution in [2.75, 3.05) is 14.2 Å². The molecule has 0 bridgehead atoms. The average Bonchev–Trinajstić information content (AvgIpc) is 2.35. The predicted octanol–water partition coefficient (Wildman–Crippen LogP) is 3.63. The van der Waals surface area contributed by atoms with Gasteiger partial charge >= 0.3 is 0 Å². The molecule has 19 heavy (non-hydrogen) atoms. The third-order valence-electron chi connectivity index (χ3n) is 2.62. The molecule has 0 aromatic heterocycles. The van der Waals surface area contributed by atoms with E-state index in [9.17, 15) is 10.1 Å². The maximum Gasteiger partial charge on any atom is 0.249 e. The van der Waals surface area contributed by atoms with Gasteiger partial charge in [0, 0.05) is 17.6 Å². The van der Waals surface area contributed by atoms with Crippen LogP contribution in [0.3, 0.4) is 0 Å². The van der Waals surface area contributed by atoms with E-state index < -0.39 is 4.92 Å². The molecule has 1 aromatic rings. The van der Waals surface area contributed by atoms with Crippen molar-refractivity contribution >= 4 is 17.7 Å². The van der Waals surface area contributed by atoms with Crippen molar-refractivity contribution in [1.82, 2.24) is 0 Å². The highest BCUT2D eigenvalue weighted by molar-refractivity contribution is 6.33. The molecule has 0 fully saturated rings. The van der Waals surface area contributed by atoms with Crippen molar-refractivity contribution in [1.29, 1.82) is 0 Å². The molecule has 6 heteroatoms. The summed E-state index contributed by atoms with van der Waals surface area (Å²) in [6.07, 6.45) is 1.45. The standard InChI is InChI=1S/C13H16ClNO4/c1-8(2)10(15(16)17)7-9-5-6-11(18-3)13(19-4)12(9)14/h5-8H,1-4H3/b10-7-. The Morgan fingerprint density at radius 1 is 1.37 bits per heavy atom. The Kier molecular flexibility index (Phi) is 5.18. The highest BCUT2D eigenvalue weighted by Crippen LogP contribution is 2.38.